The summed E-state index contributed by atoms with van der Waals surface area (Å²) in [6.07, 6.45) is 0. The van der Waals surface area contributed by atoms with Crippen molar-refractivity contribution < 1.29 is 28.2 Å². The standard InChI is InChI=1S/C12H20N2O6S/c1-8-10(12(16)17)13-9(2)11(8)21(18,19)14(4-6-15)5-7-20-3/h13,15H,4-7H2,1-3H3,(H,16,17). The van der Waals surface area contributed by atoms with Crippen LogP contribution in [0, 0.1) is 13.8 Å². The number of aliphatic hydroxyl groups is 1. The molecule has 0 bridgehead atoms. The molecule has 0 spiro atoms. The summed E-state index contributed by atoms with van der Waals surface area (Å²) in [5.41, 5.74) is 0.257. The van der Waals surface area contributed by atoms with Crippen LogP contribution in [0.2, 0.25) is 0 Å². The molecule has 0 unspecified atom stereocenters. The number of aromatic carboxylic acids is 1. The van der Waals surface area contributed by atoms with Gasteiger partial charge in [0, 0.05) is 31.5 Å². The predicted molar refractivity (Wildman–Crippen MR) is 74.9 cm³/mol. The van der Waals surface area contributed by atoms with E-state index in [1.807, 2.05) is 0 Å². The molecule has 0 saturated heterocycles. The number of sulfonamides is 1. The van der Waals surface area contributed by atoms with Gasteiger partial charge in [-0.15, -0.1) is 0 Å². The van der Waals surface area contributed by atoms with E-state index >= 15 is 0 Å². The number of nitrogens with zero attached hydrogens (tertiary/aromatic N) is 1. The summed E-state index contributed by atoms with van der Waals surface area (Å²) in [5.74, 6) is -1.22. The van der Waals surface area contributed by atoms with Crippen molar-refractivity contribution >= 4 is 16.0 Å². The van der Waals surface area contributed by atoms with E-state index in [1.165, 1.54) is 21.0 Å². The zero-order valence-electron chi connectivity index (χ0n) is 12.2. The molecule has 0 radical (unpaired) electrons. The van der Waals surface area contributed by atoms with Crippen molar-refractivity contribution in [3.05, 3.63) is 17.0 Å². The van der Waals surface area contributed by atoms with Crippen LogP contribution < -0.4 is 0 Å². The van der Waals surface area contributed by atoms with Gasteiger partial charge in [0.15, 0.2) is 0 Å². The summed E-state index contributed by atoms with van der Waals surface area (Å²) in [5, 5.41) is 18.1. The van der Waals surface area contributed by atoms with Crippen LogP contribution >= 0.6 is 0 Å². The Balaban J connectivity index is 3.31. The Kier molecular flexibility index (Phi) is 5.90. The normalized spacial score (nSPS) is 12.0. The fourth-order valence-electron chi connectivity index (χ4n) is 2.12. The van der Waals surface area contributed by atoms with Crippen LogP contribution in [0.15, 0.2) is 4.90 Å². The first-order valence-electron chi connectivity index (χ1n) is 6.29. The first-order valence-corrected chi connectivity index (χ1v) is 7.73. The van der Waals surface area contributed by atoms with E-state index in [4.69, 9.17) is 14.9 Å². The number of aromatic amines is 1. The van der Waals surface area contributed by atoms with E-state index in [-0.39, 0.29) is 48.2 Å². The Morgan fingerprint density at radius 2 is 1.95 bits per heavy atom. The Hall–Kier alpha value is -1.42. The average Bonchev–Trinajstić information content (AvgIpc) is 2.70. The minimum absolute atomic E-state index is 0.0653. The zero-order chi connectivity index (χ0) is 16.2. The van der Waals surface area contributed by atoms with E-state index in [1.54, 1.807) is 0 Å². The number of nitrogens with one attached hydrogen (secondary N) is 1. The highest BCUT2D eigenvalue weighted by Crippen LogP contribution is 2.26. The lowest BCUT2D eigenvalue weighted by Gasteiger charge is -2.21. The highest BCUT2D eigenvalue weighted by molar-refractivity contribution is 7.89. The van der Waals surface area contributed by atoms with Crippen molar-refractivity contribution in [2.24, 2.45) is 0 Å². The average molecular weight is 320 g/mol. The van der Waals surface area contributed by atoms with Gasteiger partial charge in [0.25, 0.3) is 0 Å². The van der Waals surface area contributed by atoms with Gasteiger partial charge in [-0.2, -0.15) is 4.31 Å². The van der Waals surface area contributed by atoms with Gasteiger partial charge < -0.3 is 19.9 Å². The van der Waals surface area contributed by atoms with Gasteiger partial charge >= 0.3 is 5.97 Å². The van der Waals surface area contributed by atoms with Crippen molar-refractivity contribution in [3.63, 3.8) is 0 Å². The number of carboxylic acids is 1. The Morgan fingerprint density at radius 1 is 1.33 bits per heavy atom. The molecule has 120 valence electrons. The van der Waals surface area contributed by atoms with Crippen LogP contribution in [0.1, 0.15) is 21.7 Å². The third-order valence-electron chi connectivity index (χ3n) is 3.07. The molecule has 21 heavy (non-hydrogen) atoms. The lowest BCUT2D eigenvalue weighted by molar-refractivity contribution is 0.0690. The highest BCUT2D eigenvalue weighted by Gasteiger charge is 2.31. The maximum atomic E-state index is 12.7. The van der Waals surface area contributed by atoms with Crippen LogP contribution in [-0.4, -0.2) is 67.3 Å². The third-order valence-corrected chi connectivity index (χ3v) is 5.25. The molecule has 1 aromatic rings. The fourth-order valence-corrected chi connectivity index (χ4v) is 3.94. The van der Waals surface area contributed by atoms with Crippen LogP contribution in [-0.2, 0) is 14.8 Å². The van der Waals surface area contributed by atoms with E-state index in [0.29, 0.717) is 0 Å². The lowest BCUT2D eigenvalue weighted by Crippen LogP contribution is -2.36. The van der Waals surface area contributed by atoms with Gasteiger partial charge in [-0.05, 0) is 13.8 Å². The Bertz CT molecular complexity index is 608. The molecule has 1 aromatic heterocycles. The van der Waals surface area contributed by atoms with Gasteiger partial charge in [-0.25, -0.2) is 13.2 Å². The van der Waals surface area contributed by atoms with Crippen molar-refractivity contribution in [2.75, 3.05) is 33.4 Å². The van der Waals surface area contributed by atoms with Gasteiger partial charge in [0.1, 0.15) is 10.6 Å². The summed E-state index contributed by atoms with van der Waals surface area (Å²) in [6, 6.07) is 0. The van der Waals surface area contributed by atoms with E-state index in [9.17, 15) is 13.2 Å². The Labute approximate surface area is 123 Å². The number of hydrogen-bond acceptors (Lipinski definition) is 5. The smallest absolute Gasteiger partial charge is 0.352 e. The number of aromatic nitrogens is 1. The maximum Gasteiger partial charge on any atom is 0.352 e. The number of hydrogen-bond donors (Lipinski definition) is 3. The van der Waals surface area contributed by atoms with Crippen LogP contribution in [0.4, 0.5) is 0 Å². The van der Waals surface area contributed by atoms with E-state index in [2.05, 4.69) is 4.98 Å². The molecule has 1 heterocycles. The maximum absolute atomic E-state index is 12.7. The number of aryl methyl sites for hydroxylation is 1. The van der Waals surface area contributed by atoms with Crippen molar-refractivity contribution in [3.8, 4) is 0 Å². The minimum Gasteiger partial charge on any atom is -0.477 e. The second-order valence-corrected chi connectivity index (χ2v) is 6.38. The zero-order valence-corrected chi connectivity index (χ0v) is 13.0. The summed E-state index contributed by atoms with van der Waals surface area (Å²) >= 11 is 0. The number of carboxylic acid groups (broad SMARTS) is 1. The number of H-pyrrole nitrogens is 1. The number of aliphatic hydroxyl groups excluding tert-OH is 1. The number of methoxy groups -OCH3 is 1. The monoisotopic (exact) mass is 320 g/mol. The van der Waals surface area contributed by atoms with Crippen molar-refractivity contribution in [2.45, 2.75) is 18.7 Å². The molecule has 9 heteroatoms. The van der Waals surface area contributed by atoms with Crippen LogP contribution in [0.3, 0.4) is 0 Å². The first kappa shape index (κ1) is 17.6. The second-order valence-electron chi connectivity index (χ2n) is 4.50. The predicted octanol–water partition coefficient (Wildman–Crippen LogP) is -0.0409. The molecule has 0 aliphatic carbocycles. The van der Waals surface area contributed by atoms with Crippen molar-refractivity contribution in [1.82, 2.24) is 9.29 Å². The molecule has 1 rings (SSSR count). The lowest BCUT2D eigenvalue weighted by atomic mass is 10.2. The molecule has 0 aliphatic rings. The molecule has 0 atom stereocenters. The molecule has 3 N–H and O–H groups in total. The molecule has 0 amide bonds. The summed E-state index contributed by atoms with van der Waals surface area (Å²) < 4.78 is 31.2. The molecule has 0 aromatic carbocycles. The number of carbonyl (C=O) groups is 1. The quantitative estimate of drug-likeness (QED) is 0.618. The highest BCUT2D eigenvalue weighted by atomic mass is 32.2. The second kappa shape index (κ2) is 7.03. The molecular weight excluding hydrogens is 300 g/mol. The SMILES string of the molecule is COCCN(CCO)S(=O)(=O)c1c(C)[nH]c(C(=O)O)c1C. The topological polar surface area (TPSA) is 120 Å². The number of rotatable bonds is 8. The third kappa shape index (κ3) is 3.62. The molecule has 0 fully saturated rings. The van der Waals surface area contributed by atoms with E-state index in [0.717, 1.165) is 4.31 Å². The minimum atomic E-state index is -3.91. The van der Waals surface area contributed by atoms with Gasteiger partial charge in [0.05, 0.1) is 13.2 Å². The fraction of sp³-hybridized carbons (Fsp3) is 0.583. The summed E-state index contributed by atoms with van der Waals surface area (Å²) in [4.78, 5) is 13.6. The molecule has 0 saturated carbocycles. The van der Waals surface area contributed by atoms with Gasteiger partial charge in [-0.3, -0.25) is 0 Å². The summed E-state index contributed by atoms with van der Waals surface area (Å²) in [7, 11) is -2.47. The number of ether oxygens (including phenoxy) is 1. The van der Waals surface area contributed by atoms with Gasteiger partial charge in [0.2, 0.25) is 10.0 Å². The molecule has 0 aliphatic heterocycles. The van der Waals surface area contributed by atoms with E-state index < -0.39 is 16.0 Å². The van der Waals surface area contributed by atoms with Crippen LogP contribution in [0.25, 0.3) is 0 Å². The molecular formula is C12H20N2O6S. The van der Waals surface area contributed by atoms with Gasteiger partial charge in [-0.1, -0.05) is 0 Å². The summed E-state index contributed by atoms with van der Waals surface area (Å²) in [6.45, 7) is 2.77. The molecule has 8 nitrogen and oxygen atoms in total. The van der Waals surface area contributed by atoms with Crippen molar-refractivity contribution in [1.29, 1.82) is 0 Å². The Morgan fingerprint density at radius 3 is 2.38 bits per heavy atom. The van der Waals surface area contributed by atoms with Crippen LogP contribution in [0.5, 0.6) is 0 Å². The largest absolute Gasteiger partial charge is 0.477 e. The first-order chi connectivity index (χ1) is 9.77.